The Morgan fingerprint density at radius 1 is 0.667 bits per heavy atom. The molecular formula is C22H28N2O4S2. The molecule has 0 radical (unpaired) electrons. The van der Waals surface area contributed by atoms with E-state index in [2.05, 4.69) is 10.6 Å². The smallest absolute Gasteiger partial charge is 0.412 e. The monoisotopic (exact) mass is 448 g/mol. The molecule has 30 heavy (non-hydrogen) atoms. The van der Waals surface area contributed by atoms with Gasteiger partial charge in [-0.2, -0.15) is 0 Å². The third-order valence-electron chi connectivity index (χ3n) is 3.27. The Morgan fingerprint density at radius 3 is 1.33 bits per heavy atom. The molecule has 0 aliphatic carbocycles. The number of hydrogen-bond donors (Lipinski definition) is 2. The maximum absolute atomic E-state index is 12.1. The quantitative estimate of drug-likeness (QED) is 0.472. The van der Waals surface area contributed by atoms with Crippen LogP contribution in [0.5, 0.6) is 0 Å². The van der Waals surface area contributed by atoms with Gasteiger partial charge in [-0.25, -0.2) is 9.59 Å². The largest absolute Gasteiger partial charge is 0.444 e. The van der Waals surface area contributed by atoms with E-state index in [1.54, 1.807) is 0 Å². The lowest BCUT2D eigenvalue weighted by atomic mass is 10.2. The standard InChI is InChI=1S/C22H28N2O4S2/c1-21(2,3)27-19(25)23-15-11-7-9-13-17(15)29-30-18-14-10-8-12-16(18)24-20(26)28-22(4,5)6/h7-14H,1-6H3,(H,23,25)(H,24,26). The van der Waals surface area contributed by atoms with Gasteiger partial charge in [-0.3, -0.25) is 10.6 Å². The van der Waals surface area contributed by atoms with Crippen LogP contribution in [0.15, 0.2) is 58.3 Å². The predicted octanol–water partition coefficient (Wildman–Crippen LogP) is 7.18. The van der Waals surface area contributed by atoms with Gasteiger partial charge < -0.3 is 9.47 Å². The zero-order chi connectivity index (χ0) is 22.4. The Bertz CT molecular complexity index is 816. The van der Waals surface area contributed by atoms with Gasteiger partial charge in [0.2, 0.25) is 0 Å². The molecule has 0 saturated heterocycles. The molecule has 2 aromatic carbocycles. The van der Waals surface area contributed by atoms with Gasteiger partial charge >= 0.3 is 12.2 Å². The topological polar surface area (TPSA) is 76.7 Å². The third-order valence-corrected chi connectivity index (χ3v) is 5.75. The predicted molar refractivity (Wildman–Crippen MR) is 124 cm³/mol. The Hall–Kier alpha value is -2.32. The third kappa shape index (κ3) is 8.59. The molecule has 8 heteroatoms. The van der Waals surface area contributed by atoms with Crippen LogP contribution in [0.2, 0.25) is 0 Å². The fourth-order valence-corrected chi connectivity index (χ4v) is 4.48. The van der Waals surface area contributed by atoms with Gasteiger partial charge in [0.15, 0.2) is 0 Å². The van der Waals surface area contributed by atoms with E-state index in [-0.39, 0.29) is 0 Å². The number of carbonyl (C=O) groups is 2. The highest BCUT2D eigenvalue weighted by Crippen LogP contribution is 2.43. The van der Waals surface area contributed by atoms with Crippen LogP contribution in [0.1, 0.15) is 41.5 Å². The van der Waals surface area contributed by atoms with Crippen LogP contribution in [0.3, 0.4) is 0 Å². The summed E-state index contributed by atoms with van der Waals surface area (Å²) in [7, 11) is 2.94. The molecular weight excluding hydrogens is 420 g/mol. The molecule has 0 saturated carbocycles. The number of nitrogens with one attached hydrogen (secondary N) is 2. The van der Waals surface area contributed by atoms with Gasteiger partial charge in [-0.15, -0.1) is 0 Å². The van der Waals surface area contributed by atoms with E-state index in [1.165, 1.54) is 21.6 Å². The van der Waals surface area contributed by atoms with Gasteiger partial charge in [0.1, 0.15) is 11.2 Å². The lowest BCUT2D eigenvalue weighted by Gasteiger charge is -2.21. The summed E-state index contributed by atoms with van der Waals surface area (Å²) in [6, 6.07) is 14.9. The lowest BCUT2D eigenvalue weighted by molar-refractivity contribution is 0.0624. The summed E-state index contributed by atoms with van der Waals surface area (Å²) >= 11 is 0. The number of para-hydroxylation sites is 2. The minimum absolute atomic E-state index is 0.507. The zero-order valence-electron chi connectivity index (χ0n) is 18.1. The highest BCUT2D eigenvalue weighted by molar-refractivity contribution is 8.76. The van der Waals surface area contributed by atoms with Crippen molar-refractivity contribution >= 4 is 45.1 Å². The second kappa shape index (κ2) is 10.1. The van der Waals surface area contributed by atoms with Gasteiger partial charge in [0.25, 0.3) is 0 Å². The van der Waals surface area contributed by atoms with Gasteiger partial charge in [-0.05, 0) is 65.8 Å². The van der Waals surface area contributed by atoms with E-state index in [9.17, 15) is 9.59 Å². The number of hydrogen-bond acceptors (Lipinski definition) is 6. The summed E-state index contributed by atoms with van der Waals surface area (Å²) in [6.45, 7) is 10.9. The van der Waals surface area contributed by atoms with Crippen LogP contribution in [-0.4, -0.2) is 23.4 Å². The van der Waals surface area contributed by atoms with Crippen molar-refractivity contribution in [3.05, 3.63) is 48.5 Å². The first-order valence-corrected chi connectivity index (χ1v) is 11.6. The summed E-state index contributed by atoms with van der Waals surface area (Å²) < 4.78 is 10.7. The van der Waals surface area contributed by atoms with Gasteiger partial charge in [-0.1, -0.05) is 45.9 Å². The summed E-state index contributed by atoms with van der Waals surface area (Å²) in [5.41, 5.74) is 0.157. The maximum atomic E-state index is 12.1. The molecule has 0 atom stereocenters. The number of amides is 2. The van der Waals surface area contributed by atoms with Crippen LogP contribution in [0.4, 0.5) is 21.0 Å². The van der Waals surface area contributed by atoms with Crippen molar-refractivity contribution in [2.75, 3.05) is 10.6 Å². The molecule has 0 fully saturated rings. The second-order valence-corrected chi connectivity index (χ2v) is 10.6. The molecule has 0 unspecified atom stereocenters. The van der Waals surface area contributed by atoms with Crippen molar-refractivity contribution in [2.45, 2.75) is 62.5 Å². The summed E-state index contributed by atoms with van der Waals surface area (Å²) in [4.78, 5) is 26.0. The van der Waals surface area contributed by atoms with E-state index in [4.69, 9.17) is 9.47 Å². The van der Waals surface area contributed by atoms with Crippen molar-refractivity contribution in [1.82, 2.24) is 0 Å². The van der Waals surface area contributed by atoms with Gasteiger partial charge in [0, 0.05) is 9.79 Å². The molecule has 0 bridgehead atoms. The maximum Gasteiger partial charge on any atom is 0.412 e. The summed E-state index contributed by atoms with van der Waals surface area (Å²) in [6.07, 6.45) is -1.01. The van der Waals surface area contributed by atoms with E-state index in [0.29, 0.717) is 11.4 Å². The fourth-order valence-electron chi connectivity index (χ4n) is 2.20. The number of carbonyl (C=O) groups excluding carboxylic acids is 2. The van der Waals surface area contributed by atoms with E-state index in [1.807, 2.05) is 90.1 Å². The molecule has 2 amide bonds. The van der Waals surface area contributed by atoms with Crippen LogP contribution < -0.4 is 10.6 Å². The number of anilines is 2. The van der Waals surface area contributed by atoms with E-state index in [0.717, 1.165) is 9.79 Å². The van der Waals surface area contributed by atoms with Crippen molar-refractivity contribution in [1.29, 1.82) is 0 Å². The molecule has 2 N–H and O–H groups in total. The van der Waals surface area contributed by atoms with Crippen LogP contribution in [0.25, 0.3) is 0 Å². The average Bonchev–Trinajstić information content (AvgIpc) is 2.58. The van der Waals surface area contributed by atoms with Crippen molar-refractivity contribution in [3.63, 3.8) is 0 Å². The highest BCUT2D eigenvalue weighted by Gasteiger charge is 2.19. The number of ether oxygens (including phenoxy) is 2. The fraction of sp³-hybridized carbons (Fsp3) is 0.364. The first-order chi connectivity index (χ1) is 13.9. The van der Waals surface area contributed by atoms with Crippen LogP contribution in [-0.2, 0) is 9.47 Å². The first kappa shape index (κ1) is 24.0. The van der Waals surface area contributed by atoms with Crippen molar-refractivity contribution < 1.29 is 19.1 Å². The molecule has 0 aromatic heterocycles. The van der Waals surface area contributed by atoms with Crippen LogP contribution >= 0.6 is 21.6 Å². The molecule has 0 aliphatic rings. The second-order valence-electron chi connectivity index (χ2n) is 8.41. The Kier molecular flexibility index (Phi) is 8.09. The van der Waals surface area contributed by atoms with Gasteiger partial charge in [0.05, 0.1) is 11.4 Å². The minimum atomic E-state index is -0.576. The Balaban J connectivity index is 2.08. The lowest BCUT2D eigenvalue weighted by Crippen LogP contribution is -2.27. The van der Waals surface area contributed by atoms with Crippen molar-refractivity contribution in [3.8, 4) is 0 Å². The average molecular weight is 449 g/mol. The summed E-state index contributed by atoms with van der Waals surface area (Å²) in [5.74, 6) is 0. The van der Waals surface area contributed by atoms with E-state index >= 15 is 0 Å². The zero-order valence-corrected chi connectivity index (χ0v) is 19.7. The molecule has 0 aliphatic heterocycles. The molecule has 2 rings (SSSR count). The van der Waals surface area contributed by atoms with Crippen molar-refractivity contribution in [2.24, 2.45) is 0 Å². The molecule has 0 heterocycles. The molecule has 162 valence electrons. The highest BCUT2D eigenvalue weighted by atomic mass is 33.1. The number of rotatable bonds is 5. The number of benzene rings is 2. The Labute approximate surface area is 185 Å². The molecule has 0 spiro atoms. The van der Waals surface area contributed by atoms with E-state index < -0.39 is 23.4 Å². The first-order valence-electron chi connectivity index (χ1n) is 9.45. The SMILES string of the molecule is CC(C)(C)OC(=O)Nc1ccccc1SSc1ccccc1NC(=O)OC(C)(C)C. The summed E-state index contributed by atoms with van der Waals surface area (Å²) in [5, 5.41) is 5.58. The van der Waals surface area contributed by atoms with Crippen LogP contribution in [0, 0.1) is 0 Å². The Morgan fingerprint density at radius 2 is 1.00 bits per heavy atom. The minimum Gasteiger partial charge on any atom is -0.444 e. The molecule has 6 nitrogen and oxygen atoms in total. The molecule has 2 aromatic rings. The normalized spacial score (nSPS) is 11.5.